The minimum atomic E-state index is -0.678. The SMILES string of the molecule is CCN(CC)C(=O)C(Cc1c[nH]c2ccccc12)NC(=O)c1ccccc1Cl. The van der Waals surface area contributed by atoms with E-state index in [4.69, 9.17) is 11.6 Å². The van der Waals surface area contributed by atoms with Crippen molar-refractivity contribution in [3.05, 3.63) is 70.9 Å². The number of amides is 2. The van der Waals surface area contributed by atoms with Crippen molar-refractivity contribution in [3.8, 4) is 0 Å². The van der Waals surface area contributed by atoms with Crippen LogP contribution in [0.1, 0.15) is 29.8 Å². The van der Waals surface area contributed by atoms with Crippen LogP contribution in [0.3, 0.4) is 0 Å². The molecule has 0 aliphatic rings. The summed E-state index contributed by atoms with van der Waals surface area (Å²) in [6, 6.07) is 14.1. The fourth-order valence-corrected chi connectivity index (χ4v) is 3.58. The van der Waals surface area contributed by atoms with E-state index in [1.54, 1.807) is 29.2 Å². The van der Waals surface area contributed by atoms with E-state index in [1.165, 1.54) is 0 Å². The molecule has 1 atom stereocenters. The zero-order valence-electron chi connectivity index (χ0n) is 16.0. The minimum Gasteiger partial charge on any atom is -0.361 e. The number of halogens is 1. The molecule has 1 unspecified atom stereocenters. The van der Waals surface area contributed by atoms with Gasteiger partial charge in [0.25, 0.3) is 5.91 Å². The van der Waals surface area contributed by atoms with Gasteiger partial charge in [0.2, 0.25) is 5.91 Å². The van der Waals surface area contributed by atoms with Crippen molar-refractivity contribution in [1.29, 1.82) is 0 Å². The Balaban J connectivity index is 1.90. The molecule has 0 radical (unpaired) electrons. The number of aromatic nitrogens is 1. The molecule has 2 N–H and O–H groups in total. The van der Waals surface area contributed by atoms with Gasteiger partial charge in [0.05, 0.1) is 10.6 Å². The van der Waals surface area contributed by atoms with Crippen LogP contribution >= 0.6 is 11.6 Å². The number of H-pyrrole nitrogens is 1. The van der Waals surface area contributed by atoms with Gasteiger partial charge in [-0.1, -0.05) is 41.9 Å². The molecule has 146 valence electrons. The highest BCUT2D eigenvalue weighted by Crippen LogP contribution is 2.20. The zero-order chi connectivity index (χ0) is 20.1. The number of carbonyl (C=O) groups is 2. The van der Waals surface area contributed by atoms with Gasteiger partial charge in [0.1, 0.15) is 6.04 Å². The van der Waals surface area contributed by atoms with Crippen molar-refractivity contribution in [2.24, 2.45) is 0 Å². The Kier molecular flexibility index (Phi) is 6.37. The lowest BCUT2D eigenvalue weighted by molar-refractivity contribution is -0.132. The van der Waals surface area contributed by atoms with E-state index in [1.807, 2.05) is 44.3 Å². The van der Waals surface area contributed by atoms with Crippen molar-refractivity contribution >= 4 is 34.3 Å². The van der Waals surface area contributed by atoms with Crippen molar-refractivity contribution in [2.45, 2.75) is 26.3 Å². The first kappa shape index (κ1) is 20.0. The third-order valence-electron chi connectivity index (χ3n) is 4.90. The third-order valence-corrected chi connectivity index (χ3v) is 5.23. The number of hydrogen-bond donors (Lipinski definition) is 2. The summed E-state index contributed by atoms with van der Waals surface area (Å²) in [5, 5.41) is 4.31. The summed E-state index contributed by atoms with van der Waals surface area (Å²) in [5.41, 5.74) is 2.35. The summed E-state index contributed by atoms with van der Waals surface area (Å²) in [5.74, 6) is -0.452. The van der Waals surface area contributed by atoms with E-state index in [0.29, 0.717) is 30.1 Å². The molecule has 0 bridgehead atoms. The summed E-state index contributed by atoms with van der Waals surface area (Å²) in [6.45, 7) is 5.03. The fraction of sp³-hybridized carbons (Fsp3) is 0.273. The molecule has 1 aromatic heterocycles. The monoisotopic (exact) mass is 397 g/mol. The molecule has 0 aliphatic carbocycles. The summed E-state index contributed by atoms with van der Waals surface area (Å²) in [6.07, 6.45) is 2.30. The van der Waals surface area contributed by atoms with Crippen LogP contribution < -0.4 is 5.32 Å². The highest BCUT2D eigenvalue weighted by molar-refractivity contribution is 6.33. The van der Waals surface area contributed by atoms with Crippen LogP contribution in [-0.4, -0.2) is 40.8 Å². The first-order valence-electron chi connectivity index (χ1n) is 9.44. The van der Waals surface area contributed by atoms with Gasteiger partial charge in [-0.05, 0) is 37.6 Å². The van der Waals surface area contributed by atoms with E-state index in [0.717, 1.165) is 16.5 Å². The first-order valence-corrected chi connectivity index (χ1v) is 9.82. The van der Waals surface area contributed by atoms with Crippen LogP contribution in [0.25, 0.3) is 10.9 Å². The number of likely N-dealkylation sites (N-methyl/N-ethyl adjacent to an activating group) is 1. The van der Waals surface area contributed by atoms with Crippen LogP contribution in [0.5, 0.6) is 0 Å². The quantitative estimate of drug-likeness (QED) is 0.632. The maximum Gasteiger partial charge on any atom is 0.253 e. The molecule has 0 spiro atoms. The minimum absolute atomic E-state index is 0.101. The summed E-state index contributed by atoms with van der Waals surface area (Å²) in [4.78, 5) is 30.8. The van der Waals surface area contributed by atoms with Crippen LogP contribution in [0.2, 0.25) is 5.02 Å². The van der Waals surface area contributed by atoms with Crippen molar-refractivity contribution in [2.75, 3.05) is 13.1 Å². The predicted molar refractivity (Wildman–Crippen MR) is 113 cm³/mol. The second-order valence-electron chi connectivity index (χ2n) is 6.58. The molecular formula is C22H24ClN3O2. The standard InChI is InChI=1S/C22H24ClN3O2/c1-3-26(4-2)22(28)20(25-21(27)17-10-5-7-11-18(17)23)13-15-14-24-19-12-8-6-9-16(15)19/h5-12,14,20,24H,3-4,13H2,1-2H3,(H,25,27). The van der Waals surface area contributed by atoms with Gasteiger partial charge in [0, 0.05) is 36.6 Å². The molecule has 2 aromatic carbocycles. The summed E-state index contributed by atoms with van der Waals surface area (Å²) >= 11 is 6.16. The average Bonchev–Trinajstić information content (AvgIpc) is 3.11. The van der Waals surface area contributed by atoms with E-state index in [-0.39, 0.29) is 11.8 Å². The molecule has 0 aliphatic heterocycles. The van der Waals surface area contributed by atoms with E-state index >= 15 is 0 Å². The van der Waals surface area contributed by atoms with Crippen LogP contribution in [0.4, 0.5) is 0 Å². The lowest BCUT2D eigenvalue weighted by atomic mass is 10.0. The lowest BCUT2D eigenvalue weighted by Crippen LogP contribution is -2.49. The number of benzene rings is 2. The van der Waals surface area contributed by atoms with Crippen molar-refractivity contribution < 1.29 is 9.59 Å². The smallest absolute Gasteiger partial charge is 0.253 e. The van der Waals surface area contributed by atoms with Crippen LogP contribution in [-0.2, 0) is 11.2 Å². The summed E-state index contributed by atoms with van der Waals surface area (Å²) < 4.78 is 0. The largest absolute Gasteiger partial charge is 0.361 e. The number of fused-ring (bicyclic) bond motifs is 1. The predicted octanol–water partition coefficient (Wildman–Crippen LogP) is 4.03. The van der Waals surface area contributed by atoms with E-state index < -0.39 is 6.04 Å². The van der Waals surface area contributed by atoms with Gasteiger partial charge >= 0.3 is 0 Å². The summed E-state index contributed by atoms with van der Waals surface area (Å²) in [7, 11) is 0. The maximum absolute atomic E-state index is 13.1. The molecule has 3 rings (SSSR count). The normalized spacial score (nSPS) is 12.0. The maximum atomic E-state index is 13.1. The Morgan fingerprint density at radius 2 is 1.75 bits per heavy atom. The van der Waals surface area contributed by atoms with Crippen LogP contribution in [0.15, 0.2) is 54.7 Å². The molecular weight excluding hydrogens is 374 g/mol. The first-order chi connectivity index (χ1) is 13.5. The van der Waals surface area contributed by atoms with Gasteiger partial charge in [-0.3, -0.25) is 9.59 Å². The van der Waals surface area contributed by atoms with Crippen molar-refractivity contribution in [1.82, 2.24) is 15.2 Å². The average molecular weight is 398 g/mol. The van der Waals surface area contributed by atoms with Crippen LogP contribution in [0, 0.1) is 0 Å². The molecule has 6 heteroatoms. The molecule has 1 heterocycles. The number of hydrogen-bond acceptors (Lipinski definition) is 2. The fourth-order valence-electron chi connectivity index (χ4n) is 3.36. The molecule has 28 heavy (non-hydrogen) atoms. The number of nitrogens with zero attached hydrogens (tertiary/aromatic N) is 1. The molecule has 0 saturated heterocycles. The lowest BCUT2D eigenvalue weighted by Gasteiger charge is -2.26. The third kappa shape index (κ3) is 4.20. The van der Waals surface area contributed by atoms with Gasteiger partial charge < -0.3 is 15.2 Å². The number of nitrogens with one attached hydrogen (secondary N) is 2. The Hall–Kier alpha value is -2.79. The Morgan fingerprint density at radius 3 is 2.46 bits per heavy atom. The van der Waals surface area contributed by atoms with Gasteiger partial charge in [-0.15, -0.1) is 0 Å². The van der Waals surface area contributed by atoms with Gasteiger partial charge in [0.15, 0.2) is 0 Å². The Morgan fingerprint density at radius 1 is 1.07 bits per heavy atom. The van der Waals surface area contributed by atoms with Gasteiger partial charge in [-0.2, -0.15) is 0 Å². The molecule has 5 nitrogen and oxygen atoms in total. The number of para-hydroxylation sites is 1. The van der Waals surface area contributed by atoms with Gasteiger partial charge in [-0.25, -0.2) is 0 Å². The van der Waals surface area contributed by atoms with E-state index in [9.17, 15) is 9.59 Å². The second kappa shape index (κ2) is 8.93. The molecule has 3 aromatic rings. The highest BCUT2D eigenvalue weighted by atomic mass is 35.5. The number of carbonyl (C=O) groups excluding carboxylic acids is 2. The highest BCUT2D eigenvalue weighted by Gasteiger charge is 2.26. The Labute approximate surface area is 169 Å². The molecule has 0 saturated carbocycles. The topological polar surface area (TPSA) is 65.2 Å². The molecule has 2 amide bonds. The number of aromatic amines is 1. The van der Waals surface area contributed by atoms with E-state index in [2.05, 4.69) is 10.3 Å². The van der Waals surface area contributed by atoms with Crippen molar-refractivity contribution in [3.63, 3.8) is 0 Å². The zero-order valence-corrected chi connectivity index (χ0v) is 16.8. The second-order valence-corrected chi connectivity index (χ2v) is 6.99. The number of rotatable bonds is 7. The Bertz CT molecular complexity index is 979. The molecule has 0 fully saturated rings.